The summed E-state index contributed by atoms with van der Waals surface area (Å²) in [7, 11) is -3.98. The Balaban J connectivity index is 1.72. The molecular formula is C22H23ClN2O5S2. The van der Waals surface area contributed by atoms with Gasteiger partial charge in [-0.3, -0.25) is 9.59 Å². The lowest BCUT2D eigenvalue weighted by Crippen LogP contribution is -2.42. The number of hydrogen-bond acceptors (Lipinski definition) is 6. The topological polar surface area (TPSA) is 105 Å². The zero-order chi connectivity index (χ0) is 23.3. The van der Waals surface area contributed by atoms with Gasteiger partial charge in [0.05, 0.1) is 4.90 Å². The van der Waals surface area contributed by atoms with Gasteiger partial charge >= 0.3 is 5.97 Å². The van der Waals surface area contributed by atoms with E-state index in [1.54, 1.807) is 6.92 Å². The largest absolute Gasteiger partial charge is 0.456 e. The lowest BCUT2D eigenvalue weighted by molar-refractivity contribution is -0.144. The second-order valence-corrected chi connectivity index (χ2v) is 10.2. The van der Waals surface area contributed by atoms with Gasteiger partial charge in [-0.25, -0.2) is 8.42 Å². The molecule has 7 nitrogen and oxygen atoms in total. The molecule has 2 N–H and O–H groups in total. The van der Waals surface area contributed by atoms with Gasteiger partial charge in [0, 0.05) is 27.2 Å². The van der Waals surface area contributed by atoms with Crippen molar-refractivity contribution in [3.63, 3.8) is 0 Å². The van der Waals surface area contributed by atoms with E-state index in [1.807, 2.05) is 30.5 Å². The first kappa shape index (κ1) is 24.3. The summed E-state index contributed by atoms with van der Waals surface area (Å²) in [5.74, 6) is -0.641. The van der Waals surface area contributed by atoms with Crippen LogP contribution in [-0.2, 0) is 19.6 Å². The van der Waals surface area contributed by atoms with E-state index in [-0.39, 0.29) is 17.1 Å². The summed E-state index contributed by atoms with van der Waals surface area (Å²) in [6.45, 7) is 1.29. The van der Waals surface area contributed by atoms with E-state index < -0.39 is 28.6 Å². The predicted octanol–water partition coefficient (Wildman–Crippen LogP) is 3.96. The zero-order valence-corrected chi connectivity index (χ0v) is 19.9. The van der Waals surface area contributed by atoms with Crippen LogP contribution in [0.25, 0.3) is 10.9 Å². The summed E-state index contributed by atoms with van der Waals surface area (Å²) in [5, 5.41) is 1.14. The fraction of sp³-hybridized carbons (Fsp3) is 0.273. The molecule has 0 amide bonds. The average molecular weight is 495 g/mol. The molecule has 0 spiro atoms. The maximum atomic E-state index is 12.8. The number of rotatable bonds is 10. The van der Waals surface area contributed by atoms with Gasteiger partial charge in [-0.2, -0.15) is 16.5 Å². The van der Waals surface area contributed by atoms with E-state index in [2.05, 4.69) is 9.71 Å². The number of para-hydroxylation sites is 1. The number of thioether (sulfide) groups is 1. The lowest BCUT2D eigenvalue weighted by Gasteiger charge is -2.17. The van der Waals surface area contributed by atoms with Crippen LogP contribution in [0.2, 0.25) is 5.02 Å². The Bertz CT molecular complexity index is 1220. The molecule has 32 heavy (non-hydrogen) atoms. The summed E-state index contributed by atoms with van der Waals surface area (Å²) in [6.07, 6.45) is 2.06. The molecule has 0 radical (unpaired) electrons. The molecule has 1 aromatic heterocycles. The van der Waals surface area contributed by atoms with E-state index in [0.29, 0.717) is 22.0 Å². The molecule has 0 bridgehead atoms. The van der Waals surface area contributed by atoms with Crippen LogP contribution in [-0.4, -0.2) is 49.8 Å². The average Bonchev–Trinajstić information content (AvgIpc) is 3.10. The molecule has 10 heteroatoms. The van der Waals surface area contributed by atoms with Crippen LogP contribution < -0.4 is 4.72 Å². The predicted molar refractivity (Wildman–Crippen MR) is 127 cm³/mol. The number of halogens is 1. The first-order valence-corrected chi connectivity index (χ1v) is 13.0. The van der Waals surface area contributed by atoms with Gasteiger partial charge in [-0.05, 0) is 55.7 Å². The van der Waals surface area contributed by atoms with Crippen LogP contribution in [0.5, 0.6) is 0 Å². The fourth-order valence-electron chi connectivity index (χ4n) is 3.28. The first-order chi connectivity index (χ1) is 15.2. The Hall–Kier alpha value is -2.33. The summed E-state index contributed by atoms with van der Waals surface area (Å²) >= 11 is 7.29. The minimum absolute atomic E-state index is 0.0191. The Morgan fingerprint density at radius 2 is 1.84 bits per heavy atom. The number of sulfonamides is 1. The van der Waals surface area contributed by atoms with Gasteiger partial charge in [0.1, 0.15) is 6.04 Å². The molecule has 170 valence electrons. The highest BCUT2D eigenvalue weighted by Gasteiger charge is 2.28. The second kappa shape index (κ2) is 10.5. The van der Waals surface area contributed by atoms with Crippen LogP contribution in [0, 0.1) is 6.92 Å². The number of carbonyl (C=O) groups excluding carboxylic acids is 2. The Labute approximate surface area is 195 Å². The quantitative estimate of drug-likeness (QED) is 0.326. The van der Waals surface area contributed by atoms with Crippen molar-refractivity contribution in [2.24, 2.45) is 0 Å². The summed E-state index contributed by atoms with van der Waals surface area (Å²) in [6, 6.07) is 11.8. The summed E-state index contributed by atoms with van der Waals surface area (Å²) in [5.41, 5.74) is 1.94. The molecular weight excluding hydrogens is 472 g/mol. The Morgan fingerprint density at radius 1 is 1.16 bits per heavy atom. The number of benzene rings is 2. The molecule has 0 aliphatic carbocycles. The van der Waals surface area contributed by atoms with Crippen LogP contribution >= 0.6 is 23.4 Å². The maximum Gasteiger partial charge on any atom is 0.324 e. The summed E-state index contributed by atoms with van der Waals surface area (Å²) in [4.78, 5) is 28.6. The highest BCUT2D eigenvalue weighted by Crippen LogP contribution is 2.22. The van der Waals surface area contributed by atoms with Crippen molar-refractivity contribution in [2.45, 2.75) is 24.3 Å². The lowest BCUT2D eigenvalue weighted by atomic mass is 10.1. The third-order valence-electron chi connectivity index (χ3n) is 4.83. The molecule has 0 aliphatic heterocycles. The number of aromatic nitrogens is 1. The molecule has 2 aromatic carbocycles. The van der Waals surface area contributed by atoms with Gasteiger partial charge in [-0.1, -0.05) is 29.8 Å². The van der Waals surface area contributed by atoms with Crippen molar-refractivity contribution in [1.29, 1.82) is 0 Å². The monoisotopic (exact) mass is 494 g/mol. The van der Waals surface area contributed by atoms with Crippen molar-refractivity contribution in [3.8, 4) is 0 Å². The van der Waals surface area contributed by atoms with Gasteiger partial charge in [-0.15, -0.1) is 0 Å². The molecule has 0 saturated carbocycles. The minimum atomic E-state index is -3.98. The molecule has 0 aliphatic rings. The minimum Gasteiger partial charge on any atom is -0.456 e. The molecule has 0 saturated heterocycles. The number of carbonyl (C=O) groups is 2. The van der Waals surface area contributed by atoms with E-state index >= 15 is 0 Å². The molecule has 0 fully saturated rings. The molecule has 3 rings (SSSR count). The fourth-order valence-corrected chi connectivity index (χ4v) is 5.09. The number of nitrogens with one attached hydrogen (secondary N) is 2. The number of ether oxygens (including phenoxy) is 1. The van der Waals surface area contributed by atoms with Gasteiger partial charge < -0.3 is 9.72 Å². The first-order valence-electron chi connectivity index (χ1n) is 9.77. The standard InChI is InChI=1S/C22H23ClN2O5S2/c1-14-21(17-5-3-4-6-18(17)24-14)20(26)13-30-22(27)19(11-12-31-2)25-32(28,29)16-9-7-15(23)8-10-16/h3-10,19,24-25H,11-13H2,1-2H3/t19-/m1/s1. The number of H-pyrrole nitrogens is 1. The van der Waals surface area contributed by atoms with Crippen molar-refractivity contribution < 1.29 is 22.7 Å². The highest BCUT2D eigenvalue weighted by molar-refractivity contribution is 7.98. The number of esters is 1. The molecule has 1 heterocycles. The van der Waals surface area contributed by atoms with Crippen molar-refractivity contribution >= 4 is 56.0 Å². The SMILES string of the molecule is CSCC[C@@H](NS(=O)(=O)c1ccc(Cl)cc1)C(=O)OCC(=O)c1c(C)[nH]c2ccccc12. The third kappa shape index (κ3) is 5.72. The third-order valence-corrected chi connectivity index (χ3v) is 7.22. The van der Waals surface area contributed by atoms with Gasteiger partial charge in [0.25, 0.3) is 0 Å². The number of Topliss-reactive ketones (excluding diaryl/α,β-unsaturated/α-hetero) is 1. The summed E-state index contributed by atoms with van der Waals surface area (Å²) < 4.78 is 33.0. The van der Waals surface area contributed by atoms with E-state index in [1.165, 1.54) is 36.0 Å². The number of ketones is 1. The highest BCUT2D eigenvalue weighted by atomic mass is 35.5. The Kier molecular flexibility index (Phi) is 8.00. The number of fused-ring (bicyclic) bond motifs is 1. The molecule has 0 unspecified atom stereocenters. The van der Waals surface area contributed by atoms with E-state index in [4.69, 9.17) is 16.3 Å². The smallest absolute Gasteiger partial charge is 0.324 e. The second-order valence-electron chi connectivity index (χ2n) is 7.11. The molecule has 1 atom stereocenters. The normalized spacial score (nSPS) is 12.6. The van der Waals surface area contributed by atoms with Gasteiger partial charge in [0.2, 0.25) is 15.8 Å². The van der Waals surface area contributed by atoms with Crippen molar-refractivity contribution in [2.75, 3.05) is 18.6 Å². The number of hydrogen-bond donors (Lipinski definition) is 2. The van der Waals surface area contributed by atoms with Crippen LogP contribution in [0.1, 0.15) is 22.5 Å². The van der Waals surface area contributed by atoms with Crippen LogP contribution in [0.15, 0.2) is 53.4 Å². The van der Waals surface area contributed by atoms with Gasteiger partial charge in [0.15, 0.2) is 6.61 Å². The van der Waals surface area contributed by atoms with E-state index in [9.17, 15) is 18.0 Å². The van der Waals surface area contributed by atoms with Crippen molar-refractivity contribution in [3.05, 3.63) is 64.8 Å². The maximum absolute atomic E-state index is 12.8. The van der Waals surface area contributed by atoms with Crippen LogP contribution in [0.3, 0.4) is 0 Å². The van der Waals surface area contributed by atoms with E-state index in [0.717, 1.165) is 10.9 Å². The van der Waals surface area contributed by atoms with Crippen LogP contribution in [0.4, 0.5) is 0 Å². The number of aromatic amines is 1. The zero-order valence-electron chi connectivity index (χ0n) is 17.6. The number of aryl methyl sites for hydroxylation is 1. The van der Waals surface area contributed by atoms with Crippen molar-refractivity contribution in [1.82, 2.24) is 9.71 Å². The Morgan fingerprint density at radius 3 is 2.53 bits per heavy atom. The molecule has 3 aromatic rings.